The van der Waals surface area contributed by atoms with Gasteiger partial charge in [0.05, 0.1) is 5.56 Å². The fourth-order valence-corrected chi connectivity index (χ4v) is 4.84. The molecule has 208 valence electrons. The van der Waals surface area contributed by atoms with Crippen molar-refractivity contribution < 1.29 is 36.6 Å². The van der Waals surface area contributed by atoms with Crippen molar-refractivity contribution >= 4 is 12.1 Å². The number of nitrogens with one attached hydrogen (secondary N) is 1. The van der Waals surface area contributed by atoms with Crippen LogP contribution in [0.25, 0.3) is 0 Å². The van der Waals surface area contributed by atoms with Crippen LogP contribution in [0.4, 0.5) is 22.4 Å². The number of rotatable bonds is 5. The zero-order valence-corrected chi connectivity index (χ0v) is 22.1. The van der Waals surface area contributed by atoms with Gasteiger partial charge in [-0.2, -0.15) is 13.2 Å². The Bertz CT molecular complexity index is 1080. The van der Waals surface area contributed by atoms with Crippen molar-refractivity contribution in [2.75, 3.05) is 0 Å². The first-order valence-corrected chi connectivity index (χ1v) is 12.8. The normalized spacial score (nSPS) is 23.0. The minimum atomic E-state index is -4.42. The Labute approximate surface area is 220 Å². The van der Waals surface area contributed by atoms with Crippen LogP contribution in [0, 0.1) is 17.7 Å². The topological polar surface area (TPSA) is 64.6 Å². The molecule has 5 nitrogen and oxygen atoms in total. The Kier molecular flexibility index (Phi) is 9.44. The number of alkyl halides is 3. The van der Waals surface area contributed by atoms with Crippen molar-refractivity contribution in [3.05, 3.63) is 71.0 Å². The van der Waals surface area contributed by atoms with Gasteiger partial charge in [0.2, 0.25) is 0 Å². The molecule has 1 heterocycles. The smallest absolute Gasteiger partial charge is 0.416 e. The number of benzene rings is 2. The lowest BCUT2D eigenvalue weighted by Gasteiger charge is -2.31. The third kappa shape index (κ3) is 8.74. The molecule has 1 saturated heterocycles. The average Bonchev–Trinajstić information content (AvgIpc) is 2.85. The van der Waals surface area contributed by atoms with E-state index in [0.29, 0.717) is 32.1 Å². The lowest BCUT2D eigenvalue weighted by atomic mass is 9.77. The Morgan fingerprint density at radius 1 is 0.974 bits per heavy atom. The van der Waals surface area contributed by atoms with Crippen LogP contribution in [0.2, 0.25) is 0 Å². The summed E-state index contributed by atoms with van der Waals surface area (Å²) < 4.78 is 63.8. The van der Waals surface area contributed by atoms with Crippen molar-refractivity contribution in [3.63, 3.8) is 0 Å². The highest BCUT2D eigenvalue weighted by Crippen LogP contribution is 2.34. The molecule has 3 rings (SSSR count). The lowest BCUT2D eigenvalue weighted by molar-refractivity contribution is -0.154. The molecule has 0 radical (unpaired) electrons. The van der Waals surface area contributed by atoms with Crippen molar-refractivity contribution in [2.45, 2.75) is 83.7 Å². The van der Waals surface area contributed by atoms with Gasteiger partial charge in [0.1, 0.15) is 23.6 Å². The molecule has 0 bridgehead atoms. The fraction of sp³-hybridized carbons (Fsp3) is 0.517. The number of halogens is 4. The number of esters is 1. The van der Waals surface area contributed by atoms with Gasteiger partial charge in [-0.05, 0) is 94.7 Å². The monoisotopic (exact) mass is 537 g/mol. The summed E-state index contributed by atoms with van der Waals surface area (Å²) in [7, 11) is 0. The number of carbonyl (C=O) groups is 2. The van der Waals surface area contributed by atoms with E-state index < -0.39 is 41.5 Å². The van der Waals surface area contributed by atoms with Gasteiger partial charge >= 0.3 is 18.2 Å². The molecule has 0 aromatic heterocycles. The second-order valence-corrected chi connectivity index (χ2v) is 10.9. The van der Waals surface area contributed by atoms with E-state index in [9.17, 15) is 27.2 Å². The molecule has 9 heteroatoms. The summed E-state index contributed by atoms with van der Waals surface area (Å²) in [5, 5.41) is 2.61. The van der Waals surface area contributed by atoms with E-state index in [0.717, 1.165) is 23.3 Å². The summed E-state index contributed by atoms with van der Waals surface area (Å²) in [5.74, 6) is -1.16. The number of cyclic esters (lactones) is 1. The first-order chi connectivity index (χ1) is 17.7. The number of ether oxygens (including phenoxy) is 2. The second-order valence-electron chi connectivity index (χ2n) is 10.9. The molecule has 38 heavy (non-hydrogen) atoms. The second kappa shape index (κ2) is 12.2. The molecular formula is C29H35F4NO4. The number of hydrogen-bond donors (Lipinski definition) is 1. The molecule has 0 aliphatic carbocycles. The van der Waals surface area contributed by atoms with Crippen LogP contribution in [0.1, 0.15) is 63.6 Å². The van der Waals surface area contributed by atoms with E-state index in [2.05, 4.69) is 5.32 Å². The van der Waals surface area contributed by atoms with Crippen LogP contribution in [0.5, 0.6) is 0 Å². The SMILES string of the molecule is C[C@@H]1OC(=O)[C@@H](NC(=O)OC(C)(C)C)CCC[C@H](Cc2ccc(C(F)(F)F)cc2)[C@H]1Cc1ccc(F)cc1. The molecule has 2 aromatic rings. The Balaban J connectivity index is 1.84. The largest absolute Gasteiger partial charge is 0.461 e. The van der Waals surface area contributed by atoms with E-state index >= 15 is 0 Å². The molecule has 2 aromatic carbocycles. The molecule has 1 aliphatic heterocycles. The third-order valence-electron chi connectivity index (χ3n) is 6.72. The highest BCUT2D eigenvalue weighted by Gasteiger charge is 2.35. The standard InChI is InChI=1S/C29H35F4NO4/c1-18-24(17-20-10-14-23(30)15-11-20)21(16-19-8-12-22(13-9-19)29(31,32)33)6-5-7-25(26(35)37-18)34-27(36)38-28(2,3)4/h8-15,18,21,24-25H,5-7,16-17H2,1-4H3,(H,34,36)/t18-,21+,24-,25-/m0/s1. The summed E-state index contributed by atoms with van der Waals surface area (Å²) in [4.78, 5) is 25.3. The number of carbonyl (C=O) groups excluding carboxylic acids is 2. The van der Waals surface area contributed by atoms with Crippen LogP contribution in [-0.2, 0) is 33.3 Å². The van der Waals surface area contributed by atoms with Crippen molar-refractivity contribution in [3.8, 4) is 0 Å². The summed E-state index contributed by atoms with van der Waals surface area (Å²) in [5.41, 5.74) is 0.164. The zero-order chi connectivity index (χ0) is 28.1. The molecule has 1 fully saturated rings. The molecule has 0 spiro atoms. The van der Waals surface area contributed by atoms with Gasteiger partial charge in [0.15, 0.2) is 0 Å². The maximum absolute atomic E-state index is 13.5. The maximum Gasteiger partial charge on any atom is 0.416 e. The lowest BCUT2D eigenvalue weighted by Crippen LogP contribution is -2.45. The molecule has 1 N–H and O–H groups in total. The quantitative estimate of drug-likeness (QED) is 0.334. The molecule has 0 unspecified atom stereocenters. The van der Waals surface area contributed by atoms with Gasteiger partial charge in [-0.1, -0.05) is 30.7 Å². The minimum Gasteiger partial charge on any atom is -0.461 e. The highest BCUT2D eigenvalue weighted by molar-refractivity contribution is 5.81. The van der Waals surface area contributed by atoms with Crippen molar-refractivity contribution in [2.24, 2.45) is 11.8 Å². The molecular weight excluding hydrogens is 502 g/mol. The van der Waals surface area contributed by atoms with E-state index in [1.807, 2.05) is 0 Å². The number of amides is 1. The van der Waals surface area contributed by atoms with Gasteiger partial charge < -0.3 is 14.8 Å². The van der Waals surface area contributed by atoms with E-state index in [1.165, 1.54) is 24.3 Å². The summed E-state index contributed by atoms with van der Waals surface area (Å²) >= 11 is 0. The molecule has 4 atom stereocenters. The summed E-state index contributed by atoms with van der Waals surface area (Å²) in [6, 6.07) is 10.3. The van der Waals surface area contributed by atoms with Gasteiger partial charge in [-0.3, -0.25) is 0 Å². The zero-order valence-electron chi connectivity index (χ0n) is 22.1. The number of hydrogen-bond acceptors (Lipinski definition) is 4. The highest BCUT2D eigenvalue weighted by atomic mass is 19.4. The van der Waals surface area contributed by atoms with Gasteiger partial charge in [0, 0.05) is 5.92 Å². The maximum atomic E-state index is 13.5. The molecule has 0 saturated carbocycles. The van der Waals surface area contributed by atoms with Crippen molar-refractivity contribution in [1.29, 1.82) is 0 Å². The minimum absolute atomic E-state index is 0.0418. The predicted octanol–water partition coefficient (Wildman–Crippen LogP) is 6.87. The Hall–Kier alpha value is -3.10. The van der Waals surface area contributed by atoms with Crippen molar-refractivity contribution in [1.82, 2.24) is 5.32 Å². The average molecular weight is 538 g/mol. The van der Waals surface area contributed by atoms with Crippen LogP contribution < -0.4 is 5.32 Å². The number of alkyl carbamates (subject to hydrolysis) is 1. The first kappa shape index (κ1) is 29.5. The Morgan fingerprint density at radius 2 is 1.55 bits per heavy atom. The van der Waals surface area contributed by atoms with Gasteiger partial charge in [0.25, 0.3) is 0 Å². The predicted molar refractivity (Wildman–Crippen MR) is 135 cm³/mol. The molecule has 1 amide bonds. The third-order valence-corrected chi connectivity index (χ3v) is 6.72. The van der Waals surface area contributed by atoms with Crippen LogP contribution in [0.15, 0.2) is 48.5 Å². The van der Waals surface area contributed by atoms with Crippen LogP contribution >= 0.6 is 0 Å². The first-order valence-electron chi connectivity index (χ1n) is 12.8. The summed E-state index contributed by atoms with van der Waals surface area (Å²) in [6.07, 6.45) is -3.16. The molecule has 1 aliphatic rings. The van der Waals surface area contributed by atoms with Gasteiger partial charge in [-0.25, -0.2) is 14.0 Å². The fourth-order valence-electron chi connectivity index (χ4n) is 4.84. The van der Waals surface area contributed by atoms with E-state index in [-0.39, 0.29) is 17.7 Å². The van der Waals surface area contributed by atoms with Crippen LogP contribution in [-0.4, -0.2) is 29.8 Å². The van der Waals surface area contributed by atoms with E-state index in [4.69, 9.17) is 9.47 Å². The Morgan fingerprint density at radius 3 is 2.13 bits per heavy atom. The van der Waals surface area contributed by atoms with Crippen LogP contribution in [0.3, 0.4) is 0 Å². The summed E-state index contributed by atoms with van der Waals surface area (Å²) in [6.45, 7) is 6.95. The van der Waals surface area contributed by atoms with Gasteiger partial charge in [-0.15, -0.1) is 0 Å². The van der Waals surface area contributed by atoms with E-state index in [1.54, 1.807) is 39.8 Å².